The standard InChI is InChI=1S/C3H9N3O2/c1-6-3(4,5)2(7)8/h6H,4-5H2,1H3,(H,7,8). The van der Waals surface area contributed by atoms with E-state index in [1.807, 2.05) is 0 Å². The van der Waals surface area contributed by atoms with Gasteiger partial charge in [0.1, 0.15) is 0 Å². The number of nitrogens with two attached hydrogens (primary N) is 2. The first kappa shape index (κ1) is 7.35. The number of carbonyl (C=O) groups is 1. The largest absolute Gasteiger partial charge is 0.478 e. The van der Waals surface area contributed by atoms with Crippen LogP contribution in [0.4, 0.5) is 0 Å². The van der Waals surface area contributed by atoms with Crippen LogP contribution in [0.1, 0.15) is 0 Å². The number of rotatable bonds is 2. The van der Waals surface area contributed by atoms with E-state index in [1.54, 1.807) is 0 Å². The van der Waals surface area contributed by atoms with Gasteiger partial charge < -0.3 is 5.11 Å². The van der Waals surface area contributed by atoms with E-state index in [1.165, 1.54) is 7.05 Å². The minimum absolute atomic E-state index is 1.28. The van der Waals surface area contributed by atoms with Crippen LogP contribution in [-0.4, -0.2) is 23.9 Å². The molecule has 8 heavy (non-hydrogen) atoms. The van der Waals surface area contributed by atoms with Crippen molar-refractivity contribution in [3.8, 4) is 0 Å². The lowest BCUT2D eigenvalue weighted by atomic mass is 10.4. The van der Waals surface area contributed by atoms with Crippen LogP contribution in [0.2, 0.25) is 0 Å². The predicted octanol–water partition coefficient (Wildman–Crippen LogP) is -2.14. The molecule has 0 aliphatic carbocycles. The first-order valence-electron chi connectivity index (χ1n) is 2.01. The van der Waals surface area contributed by atoms with Crippen molar-refractivity contribution in [2.24, 2.45) is 11.5 Å². The zero-order chi connectivity index (χ0) is 6.78. The maximum absolute atomic E-state index is 9.94. The summed E-state index contributed by atoms with van der Waals surface area (Å²) in [4.78, 5) is 9.94. The average molecular weight is 119 g/mol. The molecule has 0 aromatic heterocycles. The normalized spacial score (nSPS) is 11.4. The molecule has 0 amide bonds. The van der Waals surface area contributed by atoms with E-state index in [4.69, 9.17) is 16.6 Å². The molecular weight excluding hydrogens is 110 g/mol. The fourth-order valence-corrected chi connectivity index (χ4v) is 0.107. The van der Waals surface area contributed by atoms with Gasteiger partial charge in [-0.05, 0) is 7.05 Å². The SMILES string of the molecule is CNC(N)(N)C(=O)O. The summed E-state index contributed by atoms with van der Waals surface area (Å²) in [5, 5.41) is 10.3. The third-order valence-corrected chi connectivity index (χ3v) is 0.768. The van der Waals surface area contributed by atoms with Gasteiger partial charge in [0.05, 0.1) is 0 Å². The Kier molecular flexibility index (Phi) is 1.91. The van der Waals surface area contributed by atoms with Crippen molar-refractivity contribution >= 4 is 5.97 Å². The summed E-state index contributed by atoms with van der Waals surface area (Å²) in [5.41, 5.74) is 9.85. The Morgan fingerprint density at radius 3 is 2.12 bits per heavy atom. The van der Waals surface area contributed by atoms with Crippen molar-refractivity contribution in [2.75, 3.05) is 7.05 Å². The molecule has 0 aliphatic rings. The maximum Gasteiger partial charge on any atom is 0.354 e. The summed E-state index contributed by atoms with van der Waals surface area (Å²) < 4.78 is 0. The minimum Gasteiger partial charge on any atom is -0.478 e. The second-order valence-electron chi connectivity index (χ2n) is 1.42. The summed E-state index contributed by atoms with van der Waals surface area (Å²) in [6.07, 6.45) is 0. The Labute approximate surface area is 46.7 Å². The van der Waals surface area contributed by atoms with E-state index < -0.39 is 11.8 Å². The molecule has 5 heteroatoms. The lowest BCUT2D eigenvalue weighted by Crippen LogP contribution is -2.65. The van der Waals surface area contributed by atoms with Crippen molar-refractivity contribution in [3.63, 3.8) is 0 Å². The fourth-order valence-electron chi connectivity index (χ4n) is 0.107. The average Bonchev–Trinajstić information content (AvgIpc) is 1.67. The Morgan fingerprint density at radius 2 is 2.12 bits per heavy atom. The summed E-state index contributed by atoms with van der Waals surface area (Å²) in [5.74, 6) is -3.07. The van der Waals surface area contributed by atoms with Gasteiger partial charge in [0.15, 0.2) is 0 Å². The van der Waals surface area contributed by atoms with Gasteiger partial charge in [0.25, 0.3) is 0 Å². The quantitative estimate of drug-likeness (QED) is 0.311. The first-order valence-corrected chi connectivity index (χ1v) is 2.01. The van der Waals surface area contributed by atoms with E-state index >= 15 is 0 Å². The number of carboxylic acids is 1. The number of nitrogens with one attached hydrogen (secondary N) is 1. The highest BCUT2D eigenvalue weighted by molar-refractivity contribution is 5.76. The van der Waals surface area contributed by atoms with Crippen LogP contribution in [0.25, 0.3) is 0 Å². The van der Waals surface area contributed by atoms with E-state index in [0.29, 0.717) is 0 Å². The molecule has 0 saturated heterocycles. The molecule has 5 nitrogen and oxygen atoms in total. The Balaban J connectivity index is 3.91. The second kappa shape index (κ2) is 2.08. The molecule has 6 N–H and O–H groups in total. The third-order valence-electron chi connectivity index (χ3n) is 0.768. The lowest BCUT2D eigenvalue weighted by Gasteiger charge is -2.16. The monoisotopic (exact) mass is 119 g/mol. The zero-order valence-corrected chi connectivity index (χ0v) is 4.51. The number of likely N-dealkylation sites (N-methyl/N-ethyl adjacent to an activating group) is 1. The van der Waals surface area contributed by atoms with Gasteiger partial charge in [-0.25, -0.2) is 4.79 Å². The van der Waals surface area contributed by atoms with Gasteiger partial charge in [-0.15, -0.1) is 0 Å². The lowest BCUT2D eigenvalue weighted by molar-refractivity contribution is -0.144. The molecule has 0 saturated carbocycles. The van der Waals surface area contributed by atoms with Crippen molar-refractivity contribution in [1.82, 2.24) is 5.32 Å². The molecule has 0 fully saturated rings. The summed E-state index contributed by atoms with van der Waals surface area (Å²) in [7, 11) is 1.37. The summed E-state index contributed by atoms with van der Waals surface area (Å²) in [6, 6.07) is 0. The van der Waals surface area contributed by atoms with Gasteiger partial charge in [0, 0.05) is 0 Å². The Morgan fingerprint density at radius 1 is 1.75 bits per heavy atom. The Hall–Kier alpha value is -0.650. The van der Waals surface area contributed by atoms with Crippen molar-refractivity contribution in [2.45, 2.75) is 5.79 Å². The predicted molar refractivity (Wildman–Crippen MR) is 27.8 cm³/mol. The highest BCUT2D eigenvalue weighted by atomic mass is 16.4. The summed E-state index contributed by atoms with van der Waals surface area (Å²) >= 11 is 0. The molecule has 0 aromatic rings. The molecule has 0 heterocycles. The van der Waals surface area contributed by atoms with E-state index in [0.717, 1.165) is 0 Å². The third kappa shape index (κ3) is 1.45. The molecule has 0 atom stereocenters. The molecule has 0 bridgehead atoms. The number of carboxylic acid groups (broad SMARTS) is 1. The highest BCUT2D eigenvalue weighted by Gasteiger charge is 2.25. The van der Waals surface area contributed by atoms with E-state index in [9.17, 15) is 4.79 Å². The van der Waals surface area contributed by atoms with Gasteiger partial charge in [0.2, 0.25) is 5.79 Å². The first-order chi connectivity index (χ1) is 3.50. The van der Waals surface area contributed by atoms with Gasteiger partial charge >= 0.3 is 5.97 Å². The van der Waals surface area contributed by atoms with Crippen LogP contribution in [0.3, 0.4) is 0 Å². The molecule has 48 valence electrons. The topological polar surface area (TPSA) is 101 Å². The number of aliphatic carboxylic acids is 1. The number of hydrogen-bond donors (Lipinski definition) is 4. The van der Waals surface area contributed by atoms with Gasteiger partial charge in [-0.1, -0.05) is 0 Å². The highest BCUT2D eigenvalue weighted by Crippen LogP contribution is 1.78. The molecule has 0 rings (SSSR count). The van der Waals surface area contributed by atoms with Crippen LogP contribution in [0, 0.1) is 0 Å². The van der Waals surface area contributed by atoms with Crippen molar-refractivity contribution < 1.29 is 9.90 Å². The summed E-state index contributed by atoms with van der Waals surface area (Å²) in [6.45, 7) is 0. The Bertz CT molecular complexity index is 101. The molecule has 0 aromatic carbocycles. The van der Waals surface area contributed by atoms with Gasteiger partial charge in [-0.2, -0.15) is 0 Å². The molecule has 0 spiro atoms. The van der Waals surface area contributed by atoms with Gasteiger partial charge in [-0.3, -0.25) is 16.8 Å². The number of hydrogen-bond acceptors (Lipinski definition) is 4. The second-order valence-corrected chi connectivity index (χ2v) is 1.42. The van der Waals surface area contributed by atoms with Crippen molar-refractivity contribution in [3.05, 3.63) is 0 Å². The van der Waals surface area contributed by atoms with Crippen LogP contribution in [-0.2, 0) is 4.79 Å². The van der Waals surface area contributed by atoms with Crippen LogP contribution in [0.15, 0.2) is 0 Å². The molecule has 0 unspecified atom stereocenters. The van der Waals surface area contributed by atoms with Crippen LogP contribution in [0.5, 0.6) is 0 Å². The maximum atomic E-state index is 9.94. The molecular formula is C3H9N3O2. The smallest absolute Gasteiger partial charge is 0.354 e. The van der Waals surface area contributed by atoms with E-state index in [-0.39, 0.29) is 0 Å². The van der Waals surface area contributed by atoms with E-state index in [2.05, 4.69) is 5.32 Å². The fraction of sp³-hybridized carbons (Fsp3) is 0.667. The van der Waals surface area contributed by atoms with Crippen LogP contribution >= 0.6 is 0 Å². The molecule has 0 aliphatic heterocycles. The van der Waals surface area contributed by atoms with Crippen molar-refractivity contribution in [1.29, 1.82) is 0 Å². The zero-order valence-electron chi connectivity index (χ0n) is 4.51. The molecule has 0 radical (unpaired) electrons. The minimum atomic E-state index is -1.79. The van der Waals surface area contributed by atoms with Crippen LogP contribution < -0.4 is 16.8 Å².